The van der Waals surface area contributed by atoms with E-state index in [0.29, 0.717) is 25.1 Å². The van der Waals surface area contributed by atoms with Crippen LogP contribution in [0.5, 0.6) is 0 Å². The van der Waals surface area contributed by atoms with Crippen molar-refractivity contribution in [2.24, 2.45) is 5.14 Å². The van der Waals surface area contributed by atoms with Gasteiger partial charge < -0.3 is 10.1 Å². The molecule has 118 valence electrons. The molecule has 3 N–H and O–H groups in total. The molecule has 7 heteroatoms. The standard InChI is InChI=1S/C14H22N2O4S/c1-3-11-6-7-12(21(15,18)19)10-13(11)14(17)16-8-4-5-9-20-2/h6-7,10H,3-5,8-9H2,1-2H3,(H,16,17)(H2,15,18,19). The van der Waals surface area contributed by atoms with Gasteiger partial charge in [-0.1, -0.05) is 13.0 Å². The summed E-state index contributed by atoms with van der Waals surface area (Å²) < 4.78 is 27.7. The van der Waals surface area contributed by atoms with E-state index in [1.165, 1.54) is 12.1 Å². The first kappa shape index (κ1) is 17.6. The highest BCUT2D eigenvalue weighted by molar-refractivity contribution is 7.89. The molecule has 0 aliphatic heterocycles. The van der Waals surface area contributed by atoms with Crippen LogP contribution in [0.1, 0.15) is 35.7 Å². The molecular weight excluding hydrogens is 292 g/mol. The van der Waals surface area contributed by atoms with E-state index in [0.717, 1.165) is 18.4 Å². The zero-order valence-electron chi connectivity index (χ0n) is 12.4. The Morgan fingerprint density at radius 3 is 2.62 bits per heavy atom. The molecule has 6 nitrogen and oxygen atoms in total. The summed E-state index contributed by atoms with van der Waals surface area (Å²) in [5, 5.41) is 7.88. The van der Waals surface area contributed by atoms with Gasteiger partial charge in [0.15, 0.2) is 0 Å². The Balaban J connectivity index is 2.82. The number of methoxy groups -OCH3 is 1. The molecule has 1 aromatic carbocycles. The number of nitrogens with two attached hydrogens (primary N) is 1. The summed E-state index contributed by atoms with van der Waals surface area (Å²) in [4.78, 5) is 12.1. The zero-order valence-corrected chi connectivity index (χ0v) is 13.2. The summed E-state index contributed by atoms with van der Waals surface area (Å²) in [6.45, 7) is 3.07. The Bertz CT molecular complexity index is 585. The van der Waals surface area contributed by atoms with Crippen molar-refractivity contribution in [1.29, 1.82) is 0 Å². The van der Waals surface area contributed by atoms with Crippen LogP contribution in [-0.4, -0.2) is 34.6 Å². The monoisotopic (exact) mass is 314 g/mol. The molecule has 0 aliphatic carbocycles. The van der Waals surface area contributed by atoms with Gasteiger partial charge in [0.1, 0.15) is 0 Å². The maximum atomic E-state index is 12.2. The van der Waals surface area contributed by atoms with E-state index >= 15 is 0 Å². The van der Waals surface area contributed by atoms with E-state index in [-0.39, 0.29) is 10.8 Å². The molecule has 0 atom stereocenters. The minimum absolute atomic E-state index is 0.0516. The van der Waals surface area contributed by atoms with Gasteiger partial charge in [0.25, 0.3) is 5.91 Å². The third kappa shape index (κ3) is 5.45. The lowest BCUT2D eigenvalue weighted by Gasteiger charge is -2.10. The number of nitrogens with one attached hydrogen (secondary N) is 1. The Labute approximate surface area is 125 Å². The first-order valence-electron chi connectivity index (χ1n) is 6.83. The third-order valence-electron chi connectivity index (χ3n) is 3.10. The second-order valence-corrected chi connectivity index (χ2v) is 6.23. The van der Waals surface area contributed by atoms with Gasteiger partial charge in [-0.3, -0.25) is 4.79 Å². The fourth-order valence-corrected chi connectivity index (χ4v) is 2.46. The van der Waals surface area contributed by atoms with Crippen LogP contribution in [0.25, 0.3) is 0 Å². The Hall–Kier alpha value is -1.44. The predicted octanol–water partition coefficient (Wildman–Crippen LogP) is 1.05. The maximum absolute atomic E-state index is 12.2. The molecule has 1 amide bonds. The van der Waals surface area contributed by atoms with Crippen LogP contribution in [0.15, 0.2) is 23.1 Å². The van der Waals surface area contributed by atoms with E-state index in [9.17, 15) is 13.2 Å². The molecule has 0 aliphatic rings. The molecule has 0 spiro atoms. The number of carbonyl (C=O) groups is 1. The molecule has 0 radical (unpaired) electrons. The number of rotatable bonds is 8. The molecule has 0 heterocycles. The van der Waals surface area contributed by atoms with Gasteiger partial charge >= 0.3 is 0 Å². The van der Waals surface area contributed by atoms with E-state index in [4.69, 9.17) is 9.88 Å². The molecule has 0 saturated carbocycles. The average Bonchev–Trinajstić information content (AvgIpc) is 2.45. The molecule has 1 rings (SSSR count). The summed E-state index contributed by atoms with van der Waals surface area (Å²) in [7, 11) is -2.18. The molecule has 0 aromatic heterocycles. The summed E-state index contributed by atoms with van der Waals surface area (Å²) in [5.41, 5.74) is 1.15. The number of primary sulfonamides is 1. The van der Waals surface area contributed by atoms with Crippen LogP contribution < -0.4 is 10.5 Å². The predicted molar refractivity (Wildman–Crippen MR) is 80.6 cm³/mol. The van der Waals surface area contributed by atoms with Crippen molar-refractivity contribution in [2.45, 2.75) is 31.1 Å². The van der Waals surface area contributed by atoms with Crippen LogP contribution in [-0.2, 0) is 21.2 Å². The van der Waals surface area contributed by atoms with Crippen molar-refractivity contribution in [3.63, 3.8) is 0 Å². The fourth-order valence-electron chi connectivity index (χ4n) is 1.92. The second kappa shape index (κ2) is 8.11. The van der Waals surface area contributed by atoms with E-state index in [1.54, 1.807) is 13.2 Å². The van der Waals surface area contributed by atoms with Gasteiger partial charge in [-0.2, -0.15) is 0 Å². The highest BCUT2D eigenvalue weighted by Gasteiger charge is 2.15. The quantitative estimate of drug-likeness (QED) is 0.701. The Kier molecular flexibility index (Phi) is 6.80. The molecule has 0 saturated heterocycles. The number of hydrogen-bond acceptors (Lipinski definition) is 4. The van der Waals surface area contributed by atoms with Crippen molar-refractivity contribution in [1.82, 2.24) is 5.32 Å². The molecular formula is C14H22N2O4S. The third-order valence-corrected chi connectivity index (χ3v) is 4.01. The van der Waals surface area contributed by atoms with Gasteiger partial charge in [-0.15, -0.1) is 0 Å². The summed E-state index contributed by atoms with van der Waals surface area (Å²) in [5.74, 6) is -0.283. The summed E-state index contributed by atoms with van der Waals surface area (Å²) in [6.07, 6.45) is 2.29. The van der Waals surface area contributed by atoms with Crippen molar-refractivity contribution < 1.29 is 17.9 Å². The SMILES string of the molecule is CCc1ccc(S(N)(=O)=O)cc1C(=O)NCCCCOC. The van der Waals surface area contributed by atoms with Crippen molar-refractivity contribution >= 4 is 15.9 Å². The minimum Gasteiger partial charge on any atom is -0.385 e. The fraction of sp³-hybridized carbons (Fsp3) is 0.500. The van der Waals surface area contributed by atoms with Gasteiger partial charge in [-0.05, 0) is 37.0 Å². The second-order valence-electron chi connectivity index (χ2n) is 4.67. The highest BCUT2D eigenvalue weighted by Crippen LogP contribution is 2.16. The van der Waals surface area contributed by atoms with Crippen LogP contribution in [0.4, 0.5) is 0 Å². The van der Waals surface area contributed by atoms with E-state index < -0.39 is 10.0 Å². The van der Waals surface area contributed by atoms with Crippen molar-refractivity contribution in [3.05, 3.63) is 29.3 Å². The number of benzene rings is 1. The number of ether oxygens (including phenoxy) is 1. The minimum atomic E-state index is -3.81. The smallest absolute Gasteiger partial charge is 0.251 e. The topological polar surface area (TPSA) is 98.5 Å². The van der Waals surface area contributed by atoms with Gasteiger partial charge in [0.2, 0.25) is 10.0 Å². The van der Waals surface area contributed by atoms with Crippen LogP contribution in [0.2, 0.25) is 0 Å². The number of unbranched alkanes of at least 4 members (excludes halogenated alkanes) is 1. The molecule has 1 aromatic rings. The summed E-state index contributed by atoms with van der Waals surface area (Å²) >= 11 is 0. The van der Waals surface area contributed by atoms with Crippen LogP contribution >= 0.6 is 0 Å². The number of amides is 1. The maximum Gasteiger partial charge on any atom is 0.251 e. The lowest BCUT2D eigenvalue weighted by Crippen LogP contribution is -2.26. The number of sulfonamides is 1. The van der Waals surface area contributed by atoms with Crippen LogP contribution in [0, 0.1) is 0 Å². The Morgan fingerprint density at radius 2 is 2.05 bits per heavy atom. The van der Waals surface area contributed by atoms with Gasteiger partial charge in [-0.25, -0.2) is 13.6 Å². The first-order chi connectivity index (χ1) is 9.90. The van der Waals surface area contributed by atoms with Gasteiger partial charge in [0, 0.05) is 25.8 Å². The van der Waals surface area contributed by atoms with Crippen LogP contribution in [0.3, 0.4) is 0 Å². The normalized spacial score (nSPS) is 11.4. The first-order valence-corrected chi connectivity index (χ1v) is 8.37. The molecule has 21 heavy (non-hydrogen) atoms. The molecule has 0 unspecified atom stereocenters. The zero-order chi connectivity index (χ0) is 15.9. The van der Waals surface area contributed by atoms with E-state index in [2.05, 4.69) is 5.32 Å². The molecule has 0 fully saturated rings. The number of carbonyl (C=O) groups excluding carboxylic acids is 1. The van der Waals surface area contributed by atoms with Crippen molar-refractivity contribution in [3.8, 4) is 0 Å². The lowest BCUT2D eigenvalue weighted by molar-refractivity contribution is 0.0950. The van der Waals surface area contributed by atoms with E-state index in [1.807, 2.05) is 6.92 Å². The summed E-state index contributed by atoms with van der Waals surface area (Å²) in [6, 6.07) is 4.38. The van der Waals surface area contributed by atoms with Crippen molar-refractivity contribution in [2.75, 3.05) is 20.3 Å². The lowest BCUT2D eigenvalue weighted by atomic mass is 10.0. The highest BCUT2D eigenvalue weighted by atomic mass is 32.2. The Morgan fingerprint density at radius 1 is 1.33 bits per heavy atom. The average molecular weight is 314 g/mol. The van der Waals surface area contributed by atoms with Gasteiger partial charge in [0.05, 0.1) is 4.90 Å². The number of aryl methyl sites for hydroxylation is 1. The molecule has 0 bridgehead atoms. The largest absolute Gasteiger partial charge is 0.385 e. The number of hydrogen-bond donors (Lipinski definition) is 2.